The van der Waals surface area contributed by atoms with Crippen LogP contribution in [-0.2, 0) is 4.74 Å². The van der Waals surface area contributed by atoms with Gasteiger partial charge in [0.15, 0.2) is 0 Å². The van der Waals surface area contributed by atoms with Crippen molar-refractivity contribution < 1.29 is 14.3 Å². The van der Waals surface area contributed by atoms with Crippen LogP contribution in [-0.4, -0.2) is 42.0 Å². The molecule has 2 heterocycles. The number of ether oxygens (including phenoxy) is 1. The molecule has 0 aliphatic carbocycles. The third-order valence-corrected chi connectivity index (χ3v) is 4.48. The summed E-state index contributed by atoms with van der Waals surface area (Å²) in [6.07, 6.45) is 6.02. The molecule has 0 bridgehead atoms. The van der Waals surface area contributed by atoms with Crippen molar-refractivity contribution in [1.82, 2.24) is 9.88 Å². The molecule has 136 valence electrons. The molecule has 6 heteroatoms. The highest BCUT2D eigenvalue weighted by Crippen LogP contribution is 2.22. The fraction of sp³-hybridized carbons (Fsp3) is 0.350. The summed E-state index contributed by atoms with van der Waals surface area (Å²) in [6, 6.07) is 10.6. The van der Waals surface area contributed by atoms with E-state index in [0.717, 1.165) is 25.9 Å². The second-order valence-corrected chi connectivity index (χ2v) is 6.30. The van der Waals surface area contributed by atoms with Crippen LogP contribution in [0.5, 0.6) is 0 Å². The lowest BCUT2D eigenvalue weighted by Gasteiger charge is -2.20. The van der Waals surface area contributed by atoms with Gasteiger partial charge in [0.05, 0.1) is 18.4 Å². The zero-order valence-corrected chi connectivity index (χ0v) is 14.9. The number of aromatic nitrogens is 1. The Kier molecular flexibility index (Phi) is 5.84. The number of hydrogen-bond donors (Lipinski definition) is 1. The minimum atomic E-state index is -0.414. The van der Waals surface area contributed by atoms with Crippen LogP contribution in [0.3, 0.4) is 0 Å². The zero-order valence-electron chi connectivity index (χ0n) is 14.9. The third-order valence-electron chi connectivity index (χ3n) is 4.48. The molecule has 0 radical (unpaired) electrons. The van der Waals surface area contributed by atoms with Gasteiger partial charge < -0.3 is 15.0 Å². The molecule has 1 aromatic carbocycles. The summed E-state index contributed by atoms with van der Waals surface area (Å²) in [7, 11) is 1.35. The highest BCUT2D eigenvalue weighted by molar-refractivity contribution is 5.97. The number of nitrogens with zero attached hydrogens (tertiary/aromatic N) is 2. The van der Waals surface area contributed by atoms with Gasteiger partial charge in [-0.05, 0) is 37.1 Å². The molecule has 1 aliphatic heterocycles. The number of carbonyl (C=O) groups excluding carboxylic acids is 2. The molecule has 3 rings (SSSR count). The van der Waals surface area contributed by atoms with Crippen molar-refractivity contribution >= 4 is 23.3 Å². The number of hydrogen-bond acceptors (Lipinski definition) is 5. The summed E-state index contributed by atoms with van der Waals surface area (Å²) >= 11 is 0. The quantitative estimate of drug-likeness (QED) is 0.850. The number of pyridine rings is 1. The van der Waals surface area contributed by atoms with Gasteiger partial charge in [0.2, 0.25) is 0 Å². The molecule has 1 fully saturated rings. The smallest absolute Gasteiger partial charge is 0.339 e. The number of methoxy groups -OCH3 is 1. The van der Waals surface area contributed by atoms with E-state index >= 15 is 0 Å². The van der Waals surface area contributed by atoms with Crippen LogP contribution >= 0.6 is 0 Å². The number of benzene rings is 1. The van der Waals surface area contributed by atoms with Crippen molar-refractivity contribution in [2.45, 2.75) is 25.7 Å². The molecule has 1 saturated heterocycles. The van der Waals surface area contributed by atoms with Gasteiger partial charge in [-0.1, -0.05) is 25.0 Å². The summed E-state index contributed by atoms with van der Waals surface area (Å²) in [5.41, 5.74) is 2.17. The average molecular weight is 353 g/mol. The second-order valence-electron chi connectivity index (χ2n) is 6.30. The van der Waals surface area contributed by atoms with Gasteiger partial charge >= 0.3 is 5.97 Å². The van der Waals surface area contributed by atoms with Gasteiger partial charge in [-0.2, -0.15) is 0 Å². The molecular formula is C20H23N3O3. The lowest BCUT2D eigenvalue weighted by atomic mass is 10.1. The van der Waals surface area contributed by atoms with Gasteiger partial charge in [0.25, 0.3) is 5.91 Å². The van der Waals surface area contributed by atoms with Crippen molar-refractivity contribution in [2.75, 3.05) is 25.5 Å². The van der Waals surface area contributed by atoms with Crippen molar-refractivity contribution in [1.29, 1.82) is 0 Å². The molecule has 0 atom stereocenters. The molecular weight excluding hydrogens is 330 g/mol. The van der Waals surface area contributed by atoms with E-state index in [1.807, 2.05) is 11.0 Å². The lowest BCUT2D eigenvalue weighted by molar-refractivity contribution is 0.0601. The Hall–Kier alpha value is -2.89. The minimum absolute atomic E-state index is 0.0446. The van der Waals surface area contributed by atoms with Gasteiger partial charge in [0, 0.05) is 25.0 Å². The summed E-state index contributed by atoms with van der Waals surface area (Å²) in [5, 5.41) is 3.19. The van der Waals surface area contributed by atoms with Gasteiger partial charge in [-0.15, -0.1) is 0 Å². The van der Waals surface area contributed by atoms with E-state index in [2.05, 4.69) is 10.3 Å². The highest BCUT2D eigenvalue weighted by atomic mass is 16.5. The van der Waals surface area contributed by atoms with Crippen LogP contribution in [0, 0.1) is 0 Å². The second kappa shape index (κ2) is 8.47. The molecule has 6 nitrogen and oxygen atoms in total. The molecule has 0 spiro atoms. The van der Waals surface area contributed by atoms with Crippen molar-refractivity contribution in [3.63, 3.8) is 0 Å². The van der Waals surface area contributed by atoms with E-state index < -0.39 is 5.97 Å². The maximum atomic E-state index is 12.7. The van der Waals surface area contributed by atoms with E-state index in [9.17, 15) is 9.59 Å². The Balaban J connectivity index is 1.80. The highest BCUT2D eigenvalue weighted by Gasteiger charge is 2.19. The Bertz CT molecular complexity index is 783. The average Bonchev–Trinajstić information content (AvgIpc) is 2.97. The van der Waals surface area contributed by atoms with Gasteiger partial charge in [-0.25, -0.2) is 4.79 Å². The first-order chi connectivity index (χ1) is 12.7. The summed E-state index contributed by atoms with van der Waals surface area (Å²) in [6.45, 7) is 1.56. The predicted molar refractivity (Wildman–Crippen MR) is 99.7 cm³/mol. The number of nitrogens with one attached hydrogen (secondary N) is 1. The number of anilines is 2. The Labute approximate surface area is 153 Å². The molecule has 2 aromatic rings. The molecule has 26 heavy (non-hydrogen) atoms. The topological polar surface area (TPSA) is 71.5 Å². The zero-order chi connectivity index (χ0) is 18.4. The molecule has 1 aliphatic rings. The van der Waals surface area contributed by atoms with Crippen molar-refractivity contribution in [2.24, 2.45) is 0 Å². The lowest BCUT2D eigenvalue weighted by Crippen LogP contribution is -2.32. The fourth-order valence-electron chi connectivity index (χ4n) is 3.10. The van der Waals surface area contributed by atoms with Crippen LogP contribution in [0.1, 0.15) is 46.5 Å². The SMILES string of the molecule is COC(=O)c1ccccc1Nc1ccnc(C(=O)N2CCCCCC2)c1. The van der Waals surface area contributed by atoms with Crippen molar-refractivity contribution in [3.8, 4) is 0 Å². The number of likely N-dealkylation sites (tertiary alicyclic amines) is 1. The molecule has 1 aromatic heterocycles. The third kappa shape index (κ3) is 4.20. The Morgan fingerprint density at radius 2 is 1.81 bits per heavy atom. The van der Waals surface area contributed by atoms with Crippen molar-refractivity contribution in [3.05, 3.63) is 53.9 Å². The molecule has 1 N–H and O–H groups in total. The number of rotatable bonds is 4. The number of para-hydroxylation sites is 1. The van der Waals surface area contributed by atoms with E-state index in [1.54, 1.807) is 36.5 Å². The van der Waals surface area contributed by atoms with Crippen LogP contribution in [0.2, 0.25) is 0 Å². The van der Waals surface area contributed by atoms with E-state index in [0.29, 0.717) is 22.6 Å². The number of amides is 1. The first kappa shape index (κ1) is 17.9. The Morgan fingerprint density at radius 3 is 2.54 bits per heavy atom. The summed E-state index contributed by atoms with van der Waals surface area (Å²) in [5.74, 6) is -0.458. The predicted octanol–water partition coefficient (Wildman–Crippen LogP) is 3.63. The van der Waals surface area contributed by atoms with E-state index in [1.165, 1.54) is 20.0 Å². The maximum Gasteiger partial charge on any atom is 0.339 e. The first-order valence-electron chi connectivity index (χ1n) is 8.89. The summed E-state index contributed by atoms with van der Waals surface area (Å²) in [4.78, 5) is 30.8. The summed E-state index contributed by atoms with van der Waals surface area (Å²) < 4.78 is 4.82. The normalized spacial score (nSPS) is 14.4. The fourth-order valence-corrected chi connectivity index (χ4v) is 3.10. The van der Waals surface area contributed by atoms with Gasteiger partial charge in [0.1, 0.15) is 5.69 Å². The van der Waals surface area contributed by atoms with E-state index in [-0.39, 0.29) is 5.91 Å². The minimum Gasteiger partial charge on any atom is -0.465 e. The number of carbonyl (C=O) groups is 2. The largest absolute Gasteiger partial charge is 0.465 e. The Morgan fingerprint density at radius 1 is 1.08 bits per heavy atom. The van der Waals surface area contributed by atoms with E-state index in [4.69, 9.17) is 4.74 Å². The van der Waals surface area contributed by atoms with Crippen LogP contribution in [0.15, 0.2) is 42.6 Å². The van der Waals surface area contributed by atoms with Crippen LogP contribution < -0.4 is 5.32 Å². The van der Waals surface area contributed by atoms with Crippen LogP contribution in [0.4, 0.5) is 11.4 Å². The molecule has 0 unspecified atom stereocenters. The van der Waals surface area contributed by atoms with Crippen LogP contribution in [0.25, 0.3) is 0 Å². The molecule has 1 amide bonds. The number of esters is 1. The first-order valence-corrected chi connectivity index (χ1v) is 8.89. The standard InChI is InChI=1S/C20H23N3O3/c1-26-20(25)16-8-4-5-9-17(16)22-15-10-11-21-18(14-15)19(24)23-12-6-2-3-7-13-23/h4-5,8-11,14H,2-3,6-7,12-13H2,1H3,(H,21,22). The molecule has 0 saturated carbocycles. The monoisotopic (exact) mass is 353 g/mol. The van der Waals surface area contributed by atoms with Gasteiger partial charge in [-0.3, -0.25) is 9.78 Å². The maximum absolute atomic E-state index is 12.7.